The number of aliphatic imine (C=N–C) groups is 1. The normalized spacial score (nSPS) is 32.6. The summed E-state index contributed by atoms with van der Waals surface area (Å²) in [6, 6.07) is 0.0995. The average Bonchev–Trinajstić information content (AvgIpc) is 1.89. The molecule has 0 saturated heterocycles. The zero-order chi connectivity index (χ0) is 6.69. The van der Waals surface area contributed by atoms with Gasteiger partial charge < -0.3 is 5.73 Å². The molecule has 0 amide bonds. The van der Waals surface area contributed by atoms with E-state index in [4.69, 9.17) is 5.73 Å². The van der Waals surface area contributed by atoms with Gasteiger partial charge in [-0.05, 0) is 6.72 Å². The van der Waals surface area contributed by atoms with E-state index in [-0.39, 0.29) is 12.1 Å². The minimum Gasteiger partial charge on any atom is -0.322 e. The molecule has 0 radical (unpaired) electrons. The molecule has 2 heteroatoms. The van der Waals surface area contributed by atoms with E-state index >= 15 is 0 Å². The minimum atomic E-state index is 0.0208. The summed E-state index contributed by atoms with van der Waals surface area (Å²) in [5.74, 6) is 0. The molecule has 0 fully saturated rings. The van der Waals surface area contributed by atoms with E-state index in [0.717, 1.165) is 0 Å². The number of hydrogen-bond acceptors (Lipinski definition) is 2. The molecule has 0 aromatic carbocycles. The molecule has 2 atom stereocenters. The first-order valence-corrected chi connectivity index (χ1v) is 2.91. The van der Waals surface area contributed by atoms with E-state index in [1.807, 2.05) is 24.3 Å². The highest BCUT2D eigenvalue weighted by Gasteiger charge is 2.09. The molecule has 0 bridgehead atoms. The Morgan fingerprint density at radius 1 is 1.33 bits per heavy atom. The van der Waals surface area contributed by atoms with Crippen LogP contribution in [0, 0.1) is 0 Å². The van der Waals surface area contributed by atoms with Crippen LogP contribution >= 0.6 is 0 Å². The van der Waals surface area contributed by atoms with E-state index in [1.165, 1.54) is 0 Å². The second-order valence-corrected chi connectivity index (χ2v) is 2.02. The van der Waals surface area contributed by atoms with Crippen molar-refractivity contribution in [3.05, 3.63) is 24.3 Å². The molecule has 2 nitrogen and oxygen atoms in total. The van der Waals surface area contributed by atoms with Gasteiger partial charge in [0.1, 0.15) is 0 Å². The van der Waals surface area contributed by atoms with Crippen LogP contribution in [0.1, 0.15) is 0 Å². The first-order valence-electron chi connectivity index (χ1n) is 2.91. The van der Waals surface area contributed by atoms with E-state index in [1.54, 1.807) is 0 Å². The fourth-order valence-corrected chi connectivity index (χ4v) is 0.795. The standard InChI is InChI=1S/C7H10N2/c1-9-7-5-3-2-4-6(7)8/h2-7H,1,8H2. The fraction of sp³-hybridized carbons (Fsp3) is 0.286. The van der Waals surface area contributed by atoms with Crippen molar-refractivity contribution in [2.24, 2.45) is 10.7 Å². The summed E-state index contributed by atoms with van der Waals surface area (Å²) in [5, 5.41) is 0. The Morgan fingerprint density at radius 3 is 2.44 bits per heavy atom. The van der Waals surface area contributed by atoms with Crippen LogP contribution in [0.15, 0.2) is 29.3 Å². The largest absolute Gasteiger partial charge is 0.322 e. The summed E-state index contributed by atoms with van der Waals surface area (Å²) in [6.45, 7) is 3.42. The molecule has 0 spiro atoms. The van der Waals surface area contributed by atoms with E-state index in [2.05, 4.69) is 11.7 Å². The van der Waals surface area contributed by atoms with E-state index in [0.29, 0.717) is 0 Å². The first kappa shape index (κ1) is 6.23. The van der Waals surface area contributed by atoms with E-state index in [9.17, 15) is 0 Å². The quantitative estimate of drug-likeness (QED) is 0.505. The van der Waals surface area contributed by atoms with Crippen LogP contribution < -0.4 is 5.73 Å². The van der Waals surface area contributed by atoms with Crippen LogP contribution in [0.2, 0.25) is 0 Å². The maximum atomic E-state index is 5.62. The lowest BCUT2D eigenvalue weighted by Crippen LogP contribution is -2.30. The SMILES string of the molecule is C=NC1C=CC=CC1N. The van der Waals surface area contributed by atoms with Crippen molar-refractivity contribution < 1.29 is 0 Å². The van der Waals surface area contributed by atoms with Gasteiger partial charge in [-0.3, -0.25) is 4.99 Å². The summed E-state index contributed by atoms with van der Waals surface area (Å²) < 4.78 is 0. The maximum absolute atomic E-state index is 5.62. The van der Waals surface area contributed by atoms with Crippen LogP contribution in [0.5, 0.6) is 0 Å². The Kier molecular flexibility index (Phi) is 1.80. The lowest BCUT2D eigenvalue weighted by atomic mass is 10.1. The Labute approximate surface area is 54.8 Å². The van der Waals surface area contributed by atoms with Crippen molar-refractivity contribution in [2.45, 2.75) is 12.1 Å². The van der Waals surface area contributed by atoms with Crippen LogP contribution in [0.3, 0.4) is 0 Å². The lowest BCUT2D eigenvalue weighted by molar-refractivity contribution is 0.705. The van der Waals surface area contributed by atoms with Gasteiger partial charge >= 0.3 is 0 Å². The molecule has 1 rings (SSSR count). The highest BCUT2D eigenvalue weighted by molar-refractivity contribution is 5.29. The monoisotopic (exact) mass is 122 g/mol. The molecule has 0 aromatic rings. The van der Waals surface area contributed by atoms with Gasteiger partial charge in [0.2, 0.25) is 0 Å². The number of nitrogens with two attached hydrogens (primary N) is 1. The van der Waals surface area contributed by atoms with Gasteiger partial charge in [0.15, 0.2) is 0 Å². The Hall–Kier alpha value is -0.890. The number of hydrogen-bond donors (Lipinski definition) is 1. The van der Waals surface area contributed by atoms with Gasteiger partial charge in [0.05, 0.1) is 6.04 Å². The Bertz CT molecular complexity index is 158. The van der Waals surface area contributed by atoms with Gasteiger partial charge in [-0.1, -0.05) is 24.3 Å². The third-order valence-electron chi connectivity index (χ3n) is 1.36. The Morgan fingerprint density at radius 2 is 2.00 bits per heavy atom. The van der Waals surface area contributed by atoms with Crippen molar-refractivity contribution in [1.82, 2.24) is 0 Å². The number of nitrogens with zero attached hydrogens (tertiary/aromatic N) is 1. The van der Waals surface area contributed by atoms with Gasteiger partial charge in [-0.15, -0.1) is 0 Å². The predicted molar refractivity (Wildman–Crippen MR) is 39.6 cm³/mol. The molecule has 0 aliphatic heterocycles. The highest BCUT2D eigenvalue weighted by Crippen LogP contribution is 2.04. The summed E-state index contributed by atoms with van der Waals surface area (Å²) in [7, 11) is 0. The van der Waals surface area contributed by atoms with Gasteiger partial charge in [0, 0.05) is 6.04 Å². The maximum Gasteiger partial charge on any atom is 0.0862 e. The molecule has 0 heterocycles. The van der Waals surface area contributed by atoms with Crippen molar-refractivity contribution >= 4 is 6.72 Å². The minimum absolute atomic E-state index is 0.0208. The lowest BCUT2D eigenvalue weighted by Gasteiger charge is -2.14. The predicted octanol–water partition coefficient (Wildman–Crippen LogP) is 0.509. The van der Waals surface area contributed by atoms with Crippen LogP contribution in [-0.2, 0) is 0 Å². The summed E-state index contributed by atoms with van der Waals surface area (Å²) in [5.41, 5.74) is 5.62. The Balaban J connectivity index is 2.65. The molecular formula is C7H10N2. The number of rotatable bonds is 1. The van der Waals surface area contributed by atoms with Gasteiger partial charge in [-0.25, -0.2) is 0 Å². The third-order valence-corrected chi connectivity index (χ3v) is 1.36. The van der Waals surface area contributed by atoms with E-state index < -0.39 is 0 Å². The van der Waals surface area contributed by atoms with Crippen molar-refractivity contribution in [1.29, 1.82) is 0 Å². The summed E-state index contributed by atoms with van der Waals surface area (Å²) >= 11 is 0. The van der Waals surface area contributed by atoms with Crippen LogP contribution in [0.25, 0.3) is 0 Å². The fourth-order valence-electron chi connectivity index (χ4n) is 0.795. The second kappa shape index (κ2) is 2.60. The first-order chi connectivity index (χ1) is 4.34. The molecule has 1 aliphatic carbocycles. The zero-order valence-electron chi connectivity index (χ0n) is 5.20. The number of allylic oxidation sites excluding steroid dienone is 2. The molecule has 1 aliphatic rings. The molecule has 0 saturated carbocycles. The second-order valence-electron chi connectivity index (χ2n) is 2.02. The average molecular weight is 122 g/mol. The topological polar surface area (TPSA) is 38.4 Å². The molecule has 9 heavy (non-hydrogen) atoms. The smallest absolute Gasteiger partial charge is 0.0862 e. The molecule has 2 N–H and O–H groups in total. The third kappa shape index (κ3) is 1.27. The van der Waals surface area contributed by atoms with Gasteiger partial charge in [0.25, 0.3) is 0 Å². The summed E-state index contributed by atoms with van der Waals surface area (Å²) in [6.07, 6.45) is 7.71. The van der Waals surface area contributed by atoms with Gasteiger partial charge in [-0.2, -0.15) is 0 Å². The molecular weight excluding hydrogens is 112 g/mol. The molecule has 2 unspecified atom stereocenters. The summed E-state index contributed by atoms with van der Waals surface area (Å²) in [4.78, 5) is 3.82. The molecule has 0 aromatic heterocycles. The van der Waals surface area contributed by atoms with Crippen molar-refractivity contribution in [3.63, 3.8) is 0 Å². The molecule has 48 valence electrons. The van der Waals surface area contributed by atoms with Crippen molar-refractivity contribution in [3.8, 4) is 0 Å². The zero-order valence-corrected chi connectivity index (χ0v) is 5.20. The van der Waals surface area contributed by atoms with Crippen molar-refractivity contribution in [2.75, 3.05) is 0 Å². The highest BCUT2D eigenvalue weighted by atomic mass is 14.8. The van der Waals surface area contributed by atoms with Crippen LogP contribution in [0.4, 0.5) is 0 Å². The van der Waals surface area contributed by atoms with Crippen LogP contribution in [-0.4, -0.2) is 18.8 Å².